The predicted molar refractivity (Wildman–Crippen MR) is 116 cm³/mol. The number of rotatable bonds is 2. The maximum absolute atomic E-state index is 2.34. The smallest absolute Gasteiger partial charge is 0.00695 e. The summed E-state index contributed by atoms with van der Waals surface area (Å²) >= 11 is 1.78. The van der Waals surface area contributed by atoms with Gasteiger partial charge in [0.05, 0.1) is 0 Å². The minimum atomic E-state index is 1.28. The maximum atomic E-state index is 2.34. The SMILES string of the molecule is CSc1ccc(-c2c3ccccc3cc3cc4ccccc4cc23)cc1. The Hall–Kier alpha value is -2.77. The highest BCUT2D eigenvalue weighted by atomic mass is 32.2. The Morgan fingerprint density at radius 3 is 1.88 bits per heavy atom. The molecule has 0 nitrogen and oxygen atoms in total. The van der Waals surface area contributed by atoms with E-state index in [1.54, 1.807) is 11.8 Å². The molecule has 1 heteroatoms. The van der Waals surface area contributed by atoms with Gasteiger partial charge in [-0.3, -0.25) is 0 Å². The van der Waals surface area contributed by atoms with Crippen LogP contribution in [-0.4, -0.2) is 6.26 Å². The van der Waals surface area contributed by atoms with Gasteiger partial charge in [-0.2, -0.15) is 0 Å². The monoisotopic (exact) mass is 350 g/mol. The van der Waals surface area contributed by atoms with Crippen molar-refractivity contribution in [3.8, 4) is 11.1 Å². The molecule has 0 unspecified atom stereocenters. The van der Waals surface area contributed by atoms with Crippen LogP contribution in [0, 0.1) is 0 Å². The van der Waals surface area contributed by atoms with Crippen LogP contribution in [-0.2, 0) is 0 Å². The molecule has 0 bridgehead atoms. The summed E-state index contributed by atoms with van der Waals surface area (Å²) in [7, 11) is 0. The van der Waals surface area contributed by atoms with Crippen molar-refractivity contribution in [3.63, 3.8) is 0 Å². The van der Waals surface area contributed by atoms with E-state index in [9.17, 15) is 0 Å². The van der Waals surface area contributed by atoms with E-state index >= 15 is 0 Å². The number of thioether (sulfide) groups is 1. The van der Waals surface area contributed by atoms with Crippen LogP contribution in [0.15, 0.2) is 95.9 Å². The molecule has 0 saturated carbocycles. The first-order chi connectivity index (χ1) is 12.8. The highest BCUT2D eigenvalue weighted by Gasteiger charge is 2.11. The first-order valence-corrected chi connectivity index (χ1v) is 10.0. The van der Waals surface area contributed by atoms with Crippen LogP contribution in [0.3, 0.4) is 0 Å². The lowest BCUT2D eigenvalue weighted by Gasteiger charge is -2.13. The first-order valence-electron chi connectivity index (χ1n) is 8.82. The van der Waals surface area contributed by atoms with Gasteiger partial charge in [0.25, 0.3) is 0 Å². The van der Waals surface area contributed by atoms with Gasteiger partial charge >= 0.3 is 0 Å². The van der Waals surface area contributed by atoms with E-state index in [1.165, 1.54) is 48.3 Å². The molecule has 0 aromatic heterocycles. The molecule has 0 amide bonds. The van der Waals surface area contributed by atoms with Gasteiger partial charge in [0.1, 0.15) is 0 Å². The molecule has 0 aliphatic rings. The zero-order valence-corrected chi connectivity index (χ0v) is 15.4. The third-order valence-corrected chi connectivity index (χ3v) is 5.85. The van der Waals surface area contributed by atoms with Gasteiger partial charge in [-0.05, 0) is 80.0 Å². The summed E-state index contributed by atoms with van der Waals surface area (Å²) in [5.74, 6) is 0. The van der Waals surface area contributed by atoms with Gasteiger partial charge in [-0.1, -0.05) is 60.7 Å². The summed E-state index contributed by atoms with van der Waals surface area (Å²) in [5.41, 5.74) is 2.61. The molecule has 0 atom stereocenters. The zero-order chi connectivity index (χ0) is 17.5. The van der Waals surface area contributed by atoms with Crippen LogP contribution in [0.25, 0.3) is 43.4 Å². The van der Waals surface area contributed by atoms with E-state index < -0.39 is 0 Å². The minimum absolute atomic E-state index is 1.28. The molecule has 0 aliphatic heterocycles. The maximum Gasteiger partial charge on any atom is 0.00695 e. The number of benzene rings is 5. The van der Waals surface area contributed by atoms with Crippen molar-refractivity contribution in [1.29, 1.82) is 0 Å². The third kappa shape index (κ3) is 2.48. The molecule has 5 aromatic carbocycles. The van der Waals surface area contributed by atoms with Gasteiger partial charge in [-0.25, -0.2) is 0 Å². The first kappa shape index (κ1) is 15.5. The minimum Gasteiger partial charge on any atom is -0.130 e. The zero-order valence-electron chi connectivity index (χ0n) is 14.6. The van der Waals surface area contributed by atoms with Gasteiger partial charge in [0.15, 0.2) is 0 Å². The third-order valence-electron chi connectivity index (χ3n) is 5.11. The normalized spacial score (nSPS) is 11.4. The van der Waals surface area contributed by atoms with E-state index in [0.29, 0.717) is 0 Å². The average molecular weight is 350 g/mol. The molecule has 5 aromatic rings. The Morgan fingerprint density at radius 2 is 1.15 bits per heavy atom. The van der Waals surface area contributed by atoms with Crippen LogP contribution in [0.5, 0.6) is 0 Å². The van der Waals surface area contributed by atoms with Gasteiger partial charge in [0.2, 0.25) is 0 Å². The van der Waals surface area contributed by atoms with Crippen LogP contribution in [0.2, 0.25) is 0 Å². The Bertz CT molecular complexity index is 1240. The highest BCUT2D eigenvalue weighted by molar-refractivity contribution is 7.98. The molecule has 0 N–H and O–H groups in total. The standard InChI is InChI=1S/C25H18S/c1-26-22-12-10-17(11-13-22)25-23-9-5-4-8-20(23)15-21-14-18-6-2-3-7-19(18)16-24(21)25/h2-16H,1H3. The molecule has 0 aliphatic carbocycles. The van der Waals surface area contributed by atoms with Crippen molar-refractivity contribution >= 4 is 44.1 Å². The molecule has 5 rings (SSSR count). The van der Waals surface area contributed by atoms with Crippen molar-refractivity contribution in [1.82, 2.24) is 0 Å². The topological polar surface area (TPSA) is 0 Å². The average Bonchev–Trinajstić information content (AvgIpc) is 2.70. The van der Waals surface area contributed by atoms with Crippen LogP contribution >= 0.6 is 11.8 Å². The second kappa shape index (κ2) is 6.19. The van der Waals surface area contributed by atoms with Crippen molar-refractivity contribution in [3.05, 3.63) is 91.0 Å². The lowest BCUT2D eigenvalue weighted by molar-refractivity contribution is 1.47. The van der Waals surface area contributed by atoms with Crippen LogP contribution in [0.1, 0.15) is 0 Å². The fourth-order valence-electron chi connectivity index (χ4n) is 3.83. The number of fused-ring (bicyclic) bond motifs is 3. The van der Waals surface area contributed by atoms with Gasteiger partial charge in [0, 0.05) is 4.90 Å². The summed E-state index contributed by atoms with van der Waals surface area (Å²) < 4.78 is 0. The quantitative estimate of drug-likeness (QED) is 0.234. The Kier molecular flexibility index (Phi) is 3.69. The number of hydrogen-bond donors (Lipinski definition) is 0. The van der Waals surface area contributed by atoms with E-state index in [1.807, 2.05) is 0 Å². The van der Waals surface area contributed by atoms with Crippen molar-refractivity contribution in [2.45, 2.75) is 4.90 Å². The van der Waals surface area contributed by atoms with Crippen molar-refractivity contribution in [2.24, 2.45) is 0 Å². The summed E-state index contributed by atoms with van der Waals surface area (Å²) in [6.45, 7) is 0. The van der Waals surface area contributed by atoms with Crippen molar-refractivity contribution in [2.75, 3.05) is 6.26 Å². The van der Waals surface area contributed by atoms with Gasteiger partial charge in [-0.15, -0.1) is 11.8 Å². The Morgan fingerprint density at radius 1 is 0.538 bits per heavy atom. The van der Waals surface area contributed by atoms with E-state index in [2.05, 4.69) is 97.3 Å². The van der Waals surface area contributed by atoms with E-state index in [4.69, 9.17) is 0 Å². The molecule has 0 spiro atoms. The molecular formula is C25H18S. The molecule has 124 valence electrons. The van der Waals surface area contributed by atoms with Crippen LogP contribution in [0.4, 0.5) is 0 Å². The Labute approximate surface area is 157 Å². The largest absolute Gasteiger partial charge is 0.130 e. The van der Waals surface area contributed by atoms with E-state index in [0.717, 1.165) is 0 Å². The van der Waals surface area contributed by atoms with E-state index in [-0.39, 0.29) is 0 Å². The molecule has 26 heavy (non-hydrogen) atoms. The lowest BCUT2D eigenvalue weighted by Crippen LogP contribution is -1.86. The summed E-state index contributed by atoms with van der Waals surface area (Å²) in [6.07, 6.45) is 2.12. The lowest BCUT2D eigenvalue weighted by atomic mass is 9.90. The highest BCUT2D eigenvalue weighted by Crippen LogP contribution is 2.38. The molecule has 0 fully saturated rings. The second-order valence-electron chi connectivity index (χ2n) is 6.62. The number of hydrogen-bond acceptors (Lipinski definition) is 1. The Balaban J connectivity index is 1.93. The summed E-state index contributed by atoms with van der Waals surface area (Å²) in [4.78, 5) is 1.30. The van der Waals surface area contributed by atoms with Crippen LogP contribution < -0.4 is 0 Å². The predicted octanol–water partition coefficient (Wildman–Crippen LogP) is 7.54. The van der Waals surface area contributed by atoms with Gasteiger partial charge < -0.3 is 0 Å². The van der Waals surface area contributed by atoms with Crippen molar-refractivity contribution < 1.29 is 0 Å². The molecule has 0 radical (unpaired) electrons. The second-order valence-corrected chi connectivity index (χ2v) is 7.50. The summed E-state index contributed by atoms with van der Waals surface area (Å²) in [5, 5.41) is 7.80. The molecule has 0 saturated heterocycles. The molecular weight excluding hydrogens is 332 g/mol. The molecule has 0 heterocycles. The summed E-state index contributed by atoms with van der Waals surface area (Å²) in [6, 6.07) is 33.2. The fraction of sp³-hybridized carbons (Fsp3) is 0.0400. The fourth-order valence-corrected chi connectivity index (χ4v) is 4.23.